The van der Waals surface area contributed by atoms with Crippen LogP contribution in [0.2, 0.25) is 0 Å². The first-order valence-electron chi connectivity index (χ1n) is 6.87. The molecule has 1 heterocycles. The third-order valence-electron chi connectivity index (χ3n) is 3.99. The zero-order valence-electron chi connectivity index (χ0n) is 11.2. The van der Waals surface area contributed by atoms with Crippen LogP contribution in [-0.2, 0) is 14.3 Å². The van der Waals surface area contributed by atoms with Crippen molar-refractivity contribution >= 4 is 11.9 Å². The Labute approximate surface area is 115 Å². The third-order valence-corrected chi connectivity index (χ3v) is 3.99. The van der Waals surface area contributed by atoms with E-state index in [0.717, 1.165) is 0 Å². The molecule has 114 valence electrons. The number of carbonyl (C=O) groups excluding carboxylic acids is 1. The zero-order valence-corrected chi connectivity index (χ0v) is 11.2. The van der Waals surface area contributed by atoms with Crippen LogP contribution in [-0.4, -0.2) is 53.6 Å². The highest BCUT2D eigenvalue weighted by molar-refractivity contribution is 5.80. The Morgan fingerprint density at radius 1 is 1.30 bits per heavy atom. The van der Waals surface area contributed by atoms with Gasteiger partial charge in [-0.3, -0.25) is 9.59 Å². The number of carboxylic acids is 1. The van der Waals surface area contributed by atoms with Gasteiger partial charge in [0.1, 0.15) is 0 Å². The summed E-state index contributed by atoms with van der Waals surface area (Å²) in [6, 6.07) is -0.490. The van der Waals surface area contributed by atoms with E-state index in [4.69, 9.17) is 9.84 Å². The summed E-state index contributed by atoms with van der Waals surface area (Å²) in [5.41, 5.74) is 0. The van der Waals surface area contributed by atoms with Crippen LogP contribution in [0.3, 0.4) is 0 Å². The van der Waals surface area contributed by atoms with E-state index in [2.05, 4.69) is 0 Å². The lowest BCUT2D eigenvalue weighted by atomic mass is 9.85. The van der Waals surface area contributed by atoms with Crippen molar-refractivity contribution in [2.24, 2.45) is 5.92 Å². The smallest absolute Gasteiger partial charge is 0.305 e. The van der Waals surface area contributed by atoms with E-state index in [1.54, 1.807) is 0 Å². The Balaban J connectivity index is 1.97. The Hall–Kier alpha value is -1.24. The average Bonchev–Trinajstić information content (AvgIpc) is 2.38. The summed E-state index contributed by atoms with van der Waals surface area (Å²) in [6.07, 6.45) is -0.366. The van der Waals surface area contributed by atoms with Crippen molar-refractivity contribution in [2.45, 2.75) is 44.1 Å². The lowest BCUT2D eigenvalue weighted by molar-refractivity contribution is -0.151. The van der Waals surface area contributed by atoms with Crippen molar-refractivity contribution in [1.82, 2.24) is 4.90 Å². The summed E-state index contributed by atoms with van der Waals surface area (Å²) in [5.74, 6) is -4.27. The van der Waals surface area contributed by atoms with E-state index in [9.17, 15) is 18.4 Å². The highest BCUT2D eigenvalue weighted by atomic mass is 19.3. The van der Waals surface area contributed by atoms with Gasteiger partial charge < -0.3 is 14.7 Å². The third kappa shape index (κ3) is 3.65. The normalized spacial score (nSPS) is 27.3. The maximum Gasteiger partial charge on any atom is 0.305 e. The van der Waals surface area contributed by atoms with Crippen molar-refractivity contribution in [1.29, 1.82) is 0 Å². The van der Waals surface area contributed by atoms with E-state index in [0.29, 0.717) is 13.2 Å². The standard InChI is InChI=1S/C13H19F2NO4/c14-13(15)3-1-9(2-4-13)12(19)16-5-6-20-8-10(16)7-11(17)18/h9-10H,1-8H2,(H,17,18)/t10-/m1/s1. The number of morpholine rings is 1. The van der Waals surface area contributed by atoms with Crippen LogP contribution in [0.15, 0.2) is 0 Å². The summed E-state index contributed by atoms with van der Waals surface area (Å²) in [5, 5.41) is 8.85. The summed E-state index contributed by atoms with van der Waals surface area (Å²) in [7, 11) is 0. The van der Waals surface area contributed by atoms with Gasteiger partial charge >= 0.3 is 5.97 Å². The van der Waals surface area contributed by atoms with Gasteiger partial charge in [0, 0.05) is 25.3 Å². The molecular weight excluding hydrogens is 272 g/mol. The van der Waals surface area contributed by atoms with E-state index in [-0.39, 0.29) is 44.6 Å². The van der Waals surface area contributed by atoms with Gasteiger partial charge in [-0.15, -0.1) is 0 Å². The highest BCUT2D eigenvalue weighted by Gasteiger charge is 2.40. The molecule has 1 atom stereocenters. The lowest BCUT2D eigenvalue weighted by Gasteiger charge is -2.38. The molecule has 0 bridgehead atoms. The van der Waals surface area contributed by atoms with Crippen LogP contribution in [0.5, 0.6) is 0 Å². The van der Waals surface area contributed by atoms with Crippen molar-refractivity contribution in [2.75, 3.05) is 19.8 Å². The molecule has 1 N–H and O–H groups in total. The van der Waals surface area contributed by atoms with Gasteiger partial charge in [0.05, 0.1) is 25.7 Å². The Bertz CT molecular complexity index is 379. The second-order valence-corrected chi connectivity index (χ2v) is 5.49. The fourth-order valence-electron chi connectivity index (χ4n) is 2.84. The van der Waals surface area contributed by atoms with Gasteiger partial charge in [0.15, 0.2) is 0 Å². The molecule has 20 heavy (non-hydrogen) atoms. The van der Waals surface area contributed by atoms with Crippen LogP contribution >= 0.6 is 0 Å². The minimum Gasteiger partial charge on any atom is -0.481 e. The van der Waals surface area contributed by atoms with Crippen molar-refractivity contribution in [3.8, 4) is 0 Å². The van der Waals surface area contributed by atoms with Gasteiger partial charge in [0.2, 0.25) is 11.8 Å². The molecule has 5 nitrogen and oxygen atoms in total. The van der Waals surface area contributed by atoms with Crippen molar-refractivity contribution in [3.05, 3.63) is 0 Å². The number of nitrogens with zero attached hydrogens (tertiary/aromatic N) is 1. The first-order chi connectivity index (χ1) is 9.39. The predicted molar refractivity (Wildman–Crippen MR) is 65.5 cm³/mol. The number of hydrogen-bond acceptors (Lipinski definition) is 3. The molecule has 7 heteroatoms. The quantitative estimate of drug-likeness (QED) is 0.856. The molecule has 1 saturated carbocycles. The lowest BCUT2D eigenvalue weighted by Crippen LogP contribution is -2.52. The predicted octanol–water partition coefficient (Wildman–Crippen LogP) is 1.51. The largest absolute Gasteiger partial charge is 0.481 e. The fraction of sp³-hybridized carbons (Fsp3) is 0.846. The van der Waals surface area contributed by atoms with Crippen LogP contribution in [0.4, 0.5) is 8.78 Å². The molecule has 0 aromatic rings. The van der Waals surface area contributed by atoms with E-state index >= 15 is 0 Å². The van der Waals surface area contributed by atoms with Crippen LogP contribution in [0.1, 0.15) is 32.1 Å². The number of aliphatic carboxylic acids is 1. The maximum absolute atomic E-state index is 13.1. The van der Waals surface area contributed by atoms with Crippen LogP contribution in [0, 0.1) is 5.92 Å². The van der Waals surface area contributed by atoms with Gasteiger partial charge in [-0.25, -0.2) is 8.78 Å². The van der Waals surface area contributed by atoms with Crippen molar-refractivity contribution < 1.29 is 28.2 Å². The minimum absolute atomic E-state index is 0.170. The molecule has 1 amide bonds. The number of amides is 1. The SMILES string of the molecule is O=C(O)C[C@@H]1COCCN1C(=O)C1CCC(F)(F)CC1. The number of carboxylic acid groups (broad SMARTS) is 1. The van der Waals surface area contributed by atoms with E-state index in [1.807, 2.05) is 0 Å². The van der Waals surface area contributed by atoms with Gasteiger partial charge in [-0.05, 0) is 12.8 Å². The molecule has 1 aliphatic carbocycles. The summed E-state index contributed by atoms with van der Waals surface area (Å²) in [6.45, 7) is 0.898. The molecule has 0 spiro atoms. The second-order valence-electron chi connectivity index (χ2n) is 5.49. The first-order valence-corrected chi connectivity index (χ1v) is 6.87. The van der Waals surface area contributed by atoms with E-state index in [1.165, 1.54) is 4.90 Å². The number of halogens is 2. The van der Waals surface area contributed by atoms with Gasteiger partial charge in [-0.1, -0.05) is 0 Å². The topological polar surface area (TPSA) is 66.8 Å². The summed E-state index contributed by atoms with van der Waals surface area (Å²) >= 11 is 0. The summed E-state index contributed by atoms with van der Waals surface area (Å²) in [4.78, 5) is 24.7. The Kier molecular flexibility index (Phi) is 4.57. The first kappa shape index (κ1) is 15.2. The monoisotopic (exact) mass is 291 g/mol. The van der Waals surface area contributed by atoms with Crippen LogP contribution < -0.4 is 0 Å². The van der Waals surface area contributed by atoms with Gasteiger partial charge in [0.25, 0.3) is 0 Å². The molecule has 1 saturated heterocycles. The van der Waals surface area contributed by atoms with E-state index < -0.39 is 23.9 Å². The zero-order chi connectivity index (χ0) is 14.8. The molecule has 0 aromatic carbocycles. The molecule has 0 aromatic heterocycles. The molecular formula is C13H19F2NO4. The van der Waals surface area contributed by atoms with Crippen LogP contribution in [0.25, 0.3) is 0 Å². The number of rotatable bonds is 3. The fourth-order valence-corrected chi connectivity index (χ4v) is 2.84. The Morgan fingerprint density at radius 2 is 1.95 bits per heavy atom. The molecule has 2 aliphatic rings. The number of carbonyl (C=O) groups is 2. The Morgan fingerprint density at radius 3 is 2.55 bits per heavy atom. The number of ether oxygens (including phenoxy) is 1. The highest BCUT2D eigenvalue weighted by Crippen LogP contribution is 2.37. The summed E-state index contributed by atoms with van der Waals surface area (Å²) < 4.78 is 31.4. The second kappa shape index (κ2) is 6.03. The average molecular weight is 291 g/mol. The molecule has 0 radical (unpaired) electrons. The number of hydrogen-bond donors (Lipinski definition) is 1. The molecule has 2 rings (SSSR count). The van der Waals surface area contributed by atoms with Crippen molar-refractivity contribution in [3.63, 3.8) is 0 Å². The van der Waals surface area contributed by atoms with Gasteiger partial charge in [-0.2, -0.15) is 0 Å². The maximum atomic E-state index is 13.1. The minimum atomic E-state index is -2.66. The molecule has 0 unspecified atom stereocenters. The molecule has 1 aliphatic heterocycles. The number of alkyl halides is 2. The molecule has 2 fully saturated rings.